The molecule has 1 saturated heterocycles. The Hall–Kier alpha value is -4.79. The van der Waals surface area contributed by atoms with Gasteiger partial charge in [-0.3, -0.25) is 24.5 Å². The smallest absolute Gasteiger partial charge is 0.270 e. The van der Waals surface area contributed by atoms with E-state index in [4.69, 9.17) is 23.2 Å². The Morgan fingerprint density at radius 2 is 1.67 bits per heavy atom. The third kappa shape index (κ3) is 3.87. The Morgan fingerprint density at radius 1 is 0.907 bits per heavy atom. The summed E-state index contributed by atoms with van der Waals surface area (Å²) in [6, 6.07) is 22.6. The molecular formula is C33H21Cl2N3O5. The molecule has 1 N–H and O–H groups in total. The molecular weight excluding hydrogens is 589 g/mol. The number of para-hydroxylation sites is 1. The molecule has 4 atom stereocenters. The molecule has 7 rings (SSSR count). The van der Waals surface area contributed by atoms with Crippen LogP contribution in [0.25, 0.3) is 6.08 Å². The number of Topliss-reactive ketones (excluding diaryl/α,β-unsaturated/α-hetero) is 2. The summed E-state index contributed by atoms with van der Waals surface area (Å²) in [4.78, 5) is 56.8. The van der Waals surface area contributed by atoms with Crippen LogP contribution in [0, 0.1) is 16.0 Å². The maximum absolute atomic E-state index is 14.8. The number of amides is 1. The van der Waals surface area contributed by atoms with Crippen molar-refractivity contribution >= 4 is 58.1 Å². The van der Waals surface area contributed by atoms with Crippen LogP contribution in [0.4, 0.5) is 11.4 Å². The molecule has 1 spiro atoms. The highest BCUT2D eigenvalue weighted by Crippen LogP contribution is 2.62. The second-order valence-corrected chi connectivity index (χ2v) is 11.6. The minimum absolute atomic E-state index is 0.0212. The Balaban J connectivity index is 1.54. The number of carbonyl (C=O) groups excluding carboxylic acids is 3. The topological polar surface area (TPSA) is 110 Å². The van der Waals surface area contributed by atoms with Gasteiger partial charge in [0, 0.05) is 40.2 Å². The summed E-state index contributed by atoms with van der Waals surface area (Å²) in [5.41, 5.74) is 1.04. The Morgan fingerprint density at radius 3 is 2.47 bits per heavy atom. The van der Waals surface area contributed by atoms with Crippen LogP contribution in [-0.2, 0) is 10.2 Å². The Bertz CT molecular complexity index is 1920. The molecule has 3 aliphatic heterocycles. The number of ketones is 2. The second kappa shape index (κ2) is 9.90. The fourth-order valence-corrected chi connectivity index (χ4v) is 7.47. The monoisotopic (exact) mass is 609 g/mol. The highest BCUT2D eigenvalue weighted by Gasteiger charge is 2.70. The molecule has 0 saturated carbocycles. The van der Waals surface area contributed by atoms with E-state index in [0.717, 1.165) is 11.1 Å². The van der Waals surface area contributed by atoms with Crippen LogP contribution in [0.5, 0.6) is 0 Å². The average Bonchev–Trinajstić information content (AvgIpc) is 3.48. The van der Waals surface area contributed by atoms with E-state index in [2.05, 4.69) is 5.32 Å². The number of hydrogen-bond donors (Lipinski definition) is 1. The number of fused-ring (bicyclic) bond motifs is 6. The van der Waals surface area contributed by atoms with E-state index in [-0.39, 0.29) is 21.8 Å². The van der Waals surface area contributed by atoms with Crippen LogP contribution < -0.4 is 5.32 Å². The molecule has 4 aromatic rings. The molecule has 4 aromatic carbocycles. The third-order valence-corrected chi connectivity index (χ3v) is 9.21. The summed E-state index contributed by atoms with van der Waals surface area (Å²) in [7, 11) is 0. The largest absolute Gasteiger partial charge is 0.358 e. The van der Waals surface area contributed by atoms with E-state index < -0.39 is 45.8 Å². The lowest BCUT2D eigenvalue weighted by molar-refractivity contribution is -0.384. The van der Waals surface area contributed by atoms with E-state index >= 15 is 0 Å². The molecule has 1 fully saturated rings. The normalized spacial score (nSPS) is 23.0. The lowest BCUT2D eigenvalue weighted by Crippen LogP contribution is -2.49. The fourth-order valence-electron chi connectivity index (χ4n) is 6.97. The van der Waals surface area contributed by atoms with Crippen LogP contribution in [0.1, 0.15) is 43.4 Å². The molecule has 0 unspecified atom stereocenters. The SMILES string of the molecule is O=C(c1ccc(Cl)cc1Cl)[C@@H]1[C@H](C(=O)c2cccc([N+](=O)[O-])c2)[C@@]2(C(=O)Nc3ccccc32)[C@@H]2c3ccccc3C=CN12. The van der Waals surface area contributed by atoms with Gasteiger partial charge in [0.05, 0.1) is 21.9 Å². The number of hydrogen-bond acceptors (Lipinski definition) is 6. The number of nitrogens with one attached hydrogen (secondary N) is 1. The van der Waals surface area contributed by atoms with Crippen LogP contribution >= 0.6 is 23.2 Å². The van der Waals surface area contributed by atoms with Gasteiger partial charge in [0.1, 0.15) is 11.5 Å². The molecule has 10 heteroatoms. The fraction of sp³-hybridized carbons (Fsp3) is 0.121. The van der Waals surface area contributed by atoms with Gasteiger partial charge in [0.25, 0.3) is 5.69 Å². The first-order valence-corrected chi connectivity index (χ1v) is 14.2. The molecule has 0 radical (unpaired) electrons. The summed E-state index contributed by atoms with van der Waals surface area (Å²) in [6.07, 6.45) is 3.60. The zero-order valence-electron chi connectivity index (χ0n) is 22.2. The number of halogens is 2. The molecule has 3 heterocycles. The van der Waals surface area contributed by atoms with Gasteiger partial charge in [-0.25, -0.2) is 0 Å². The van der Waals surface area contributed by atoms with Crippen LogP contribution in [0.15, 0.2) is 97.2 Å². The highest BCUT2D eigenvalue weighted by atomic mass is 35.5. The number of non-ortho nitro benzene ring substituents is 1. The van der Waals surface area contributed by atoms with Crippen molar-refractivity contribution in [2.75, 3.05) is 5.32 Å². The van der Waals surface area contributed by atoms with Gasteiger partial charge in [-0.2, -0.15) is 0 Å². The summed E-state index contributed by atoms with van der Waals surface area (Å²) in [6.45, 7) is 0. The molecule has 0 bridgehead atoms. The molecule has 3 aliphatic rings. The highest BCUT2D eigenvalue weighted by molar-refractivity contribution is 6.37. The minimum Gasteiger partial charge on any atom is -0.358 e. The van der Waals surface area contributed by atoms with Crippen molar-refractivity contribution in [3.63, 3.8) is 0 Å². The van der Waals surface area contributed by atoms with Gasteiger partial charge >= 0.3 is 0 Å². The predicted molar refractivity (Wildman–Crippen MR) is 162 cm³/mol. The molecule has 8 nitrogen and oxygen atoms in total. The van der Waals surface area contributed by atoms with Crippen molar-refractivity contribution < 1.29 is 19.3 Å². The number of carbonyl (C=O) groups is 3. The van der Waals surface area contributed by atoms with Crippen molar-refractivity contribution in [1.82, 2.24) is 4.90 Å². The van der Waals surface area contributed by atoms with Crippen LogP contribution in [0.2, 0.25) is 10.0 Å². The zero-order chi connectivity index (χ0) is 30.0. The van der Waals surface area contributed by atoms with Crippen LogP contribution in [-0.4, -0.2) is 33.3 Å². The average molecular weight is 610 g/mol. The van der Waals surface area contributed by atoms with Crippen molar-refractivity contribution in [3.8, 4) is 0 Å². The molecule has 1 amide bonds. The summed E-state index contributed by atoms with van der Waals surface area (Å²) < 4.78 is 0. The van der Waals surface area contributed by atoms with Crippen molar-refractivity contribution in [3.05, 3.63) is 145 Å². The second-order valence-electron chi connectivity index (χ2n) is 10.7. The maximum atomic E-state index is 14.8. The number of rotatable bonds is 5. The van der Waals surface area contributed by atoms with Crippen molar-refractivity contribution in [1.29, 1.82) is 0 Å². The molecule has 0 aliphatic carbocycles. The minimum atomic E-state index is -1.57. The Kier molecular flexibility index (Phi) is 6.23. The summed E-state index contributed by atoms with van der Waals surface area (Å²) in [5.74, 6) is -2.78. The van der Waals surface area contributed by atoms with Gasteiger partial charge in [-0.05, 0) is 47.0 Å². The first kappa shape index (κ1) is 27.1. The number of nitro groups is 1. The van der Waals surface area contributed by atoms with Crippen molar-refractivity contribution in [2.24, 2.45) is 5.92 Å². The van der Waals surface area contributed by atoms with E-state index in [9.17, 15) is 24.5 Å². The lowest BCUT2D eigenvalue weighted by Gasteiger charge is -2.38. The van der Waals surface area contributed by atoms with Gasteiger partial charge in [0.2, 0.25) is 5.91 Å². The van der Waals surface area contributed by atoms with Gasteiger partial charge < -0.3 is 10.2 Å². The zero-order valence-corrected chi connectivity index (χ0v) is 23.8. The quantitative estimate of drug-likeness (QED) is 0.150. The number of benzene rings is 4. The summed E-state index contributed by atoms with van der Waals surface area (Å²) in [5, 5.41) is 15.1. The first-order chi connectivity index (χ1) is 20.7. The maximum Gasteiger partial charge on any atom is 0.270 e. The number of nitrogens with zero attached hydrogens (tertiary/aromatic N) is 2. The summed E-state index contributed by atoms with van der Waals surface area (Å²) >= 11 is 12.7. The standard InChI is InChI=1S/C33H21Cl2N3O5/c34-20-12-13-23(25(35)17-20)30(40)28-27(29(39)19-7-5-8-21(16-19)38(42)43)33(24-10-3-4-11-26(24)36-32(33)41)31-22-9-2-1-6-18(22)14-15-37(28)31/h1-17,27-28,31H,(H,36,41)/t27-,28+,31+,33-/m1/s1. The Labute approximate surface area is 255 Å². The van der Waals surface area contributed by atoms with Gasteiger partial charge in [-0.15, -0.1) is 0 Å². The third-order valence-electron chi connectivity index (χ3n) is 8.66. The number of anilines is 1. The molecule has 0 aromatic heterocycles. The van der Waals surface area contributed by atoms with E-state index in [0.29, 0.717) is 16.3 Å². The van der Waals surface area contributed by atoms with Crippen molar-refractivity contribution in [2.45, 2.75) is 17.5 Å². The molecule has 43 heavy (non-hydrogen) atoms. The predicted octanol–water partition coefficient (Wildman–Crippen LogP) is 6.88. The van der Waals surface area contributed by atoms with Gasteiger partial charge in [-0.1, -0.05) is 77.8 Å². The van der Waals surface area contributed by atoms with Crippen LogP contribution in [0.3, 0.4) is 0 Å². The molecule has 212 valence electrons. The van der Waals surface area contributed by atoms with E-state index in [1.54, 1.807) is 41.4 Å². The first-order valence-electron chi connectivity index (χ1n) is 13.5. The number of nitro benzene ring substituents is 1. The lowest BCUT2D eigenvalue weighted by atomic mass is 9.62. The van der Waals surface area contributed by atoms with E-state index in [1.807, 2.05) is 30.3 Å². The van der Waals surface area contributed by atoms with E-state index in [1.165, 1.54) is 36.4 Å². The van der Waals surface area contributed by atoms with Gasteiger partial charge in [0.15, 0.2) is 11.6 Å².